The van der Waals surface area contributed by atoms with Crippen LogP contribution in [0.3, 0.4) is 0 Å². The highest BCUT2D eigenvalue weighted by atomic mass is 16.5. The number of aromatic amines is 1. The van der Waals surface area contributed by atoms with E-state index in [1.54, 1.807) is 36.9 Å². The molecule has 3 N–H and O–H groups in total. The number of nitrogens with one attached hydrogen (secondary N) is 2. The second-order valence-electron chi connectivity index (χ2n) is 10.6. The van der Waals surface area contributed by atoms with Crippen LogP contribution < -0.4 is 20.3 Å². The Balaban J connectivity index is 1.45. The lowest BCUT2D eigenvalue weighted by molar-refractivity contribution is 0.0951. The van der Waals surface area contributed by atoms with Gasteiger partial charge in [0.15, 0.2) is 0 Å². The number of aromatic hydroxyl groups is 1. The Kier molecular flexibility index (Phi) is 7.81. The normalized spacial score (nSPS) is 11.9. The summed E-state index contributed by atoms with van der Waals surface area (Å²) in [6.45, 7) is 0.325. The summed E-state index contributed by atoms with van der Waals surface area (Å²) in [6.07, 6.45) is 0.474. The Bertz CT molecular complexity index is 2050. The lowest BCUT2D eigenvalue weighted by Gasteiger charge is -2.22. The lowest BCUT2D eigenvalue weighted by Crippen LogP contribution is -2.27. The monoisotopic (exact) mass is 587 g/mol. The molecule has 6 aromatic rings. The molecule has 222 valence electrons. The third-order valence-corrected chi connectivity index (χ3v) is 8.18. The van der Waals surface area contributed by atoms with Gasteiger partial charge >= 0.3 is 0 Å². The van der Waals surface area contributed by atoms with Crippen LogP contribution in [0, 0.1) is 0 Å². The number of amides is 1. The predicted octanol–water partition coefficient (Wildman–Crippen LogP) is 5.90. The summed E-state index contributed by atoms with van der Waals surface area (Å²) >= 11 is 0. The molecule has 2 aromatic heterocycles. The van der Waals surface area contributed by atoms with Crippen molar-refractivity contribution in [1.82, 2.24) is 14.9 Å². The molecule has 0 bridgehead atoms. The van der Waals surface area contributed by atoms with Crippen LogP contribution >= 0.6 is 0 Å². The zero-order valence-electron chi connectivity index (χ0n) is 24.8. The Morgan fingerprint density at radius 3 is 2.36 bits per heavy atom. The van der Waals surface area contributed by atoms with Gasteiger partial charge in [-0.25, -0.2) is 0 Å². The average Bonchev–Trinajstić information content (AvgIpc) is 3.43. The van der Waals surface area contributed by atoms with E-state index in [2.05, 4.69) is 10.3 Å². The molecule has 2 heterocycles. The molecule has 0 fully saturated rings. The van der Waals surface area contributed by atoms with Gasteiger partial charge in [-0.2, -0.15) is 0 Å². The Morgan fingerprint density at radius 2 is 1.61 bits per heavy atom. The Hall–Kier alpha value is -5.50. The van der Waals surface area contributed by atoms with Gasteiger partial charge in [0, 0.05) is 41.6 Å². The molecule has 1 unspecified atom stereocenters. The number of benzene rings is 4. The number of H-pyrrole nitrogens is 1. The van der Waals surface area contributed by atoms with Crippen molar-refractivity contribution in [2.45, 2.75) is 12.3 Å². The van der Waals surface area contributed by atoms with Gasteiger partial charge < -0.3 is 29.4 Å². The SMILES string of the molecule is COc1ccc(C(=O)NCCc2c(C(c3ccccc3)c3c(O)c4ccccc4n(C)c3=O)[nH]c3ccccc23)c(OC)c1. The van der Waals surface area contributed by atoms with Crippen LogP contribution in [-0.2, 0) is 13.5 Å². The molecule has 0 aliphatic rings. The number of hydrogen-bond donors (Lipinski definition) is 3. The summed E-state index contributed by atoms with van der Waals surface area (Å²) in [5.74, 6) is 0.103. The molecule has 1 amide bonds. The highest BCUT2D eigenvalue weighted by molar-refractivity contribution is 5.97. The number of carbonyl (C=O) groups excluding carboxylic acids is 1. The third kappa shape index (κ3) is 5.04. The standard InChI is InChI=1S/C36H33N3O5/c1-39-29-16-10-8-14-26(29)34(40)32(36(39)42)31(22-11-5-4-6-12-22)33-25(24-13-7-9-15-28(24)38-33)19-20-37-35(41)27-18-17-23(43-2)21-30(27)44-3/h4-18,21,31,38,40H,19-20H2,1-3H3,(H,37,41). The maximum Gasteiger partial charge on any atom is 0.258 e. The summed E-state index contributed by atoms with van der Waals surface area (Å²) in [5.41, 5.74) is 4.56. The number of hydrogen-bond acceptors (Lipinski definition) is 5. The number of fused-ring (bicyclic) bond motifs is 2. The van der Waals surface area contributed by atoms with E-state index in [1.807, 2.05) is 78.9 Å². The third-order valence-electron chi connectivity index (χ3n) is 8.18. The fraction of sp³-hybridized carbons (Fsp3) is 0.167. The number of ether oxygens (including phenoxy) is 2. The molecule has 0 saturated heterocycles. The molecule has 0 spiro atoms. The molecule has 8 heteroatoms. The Morgan fingerprint density at radius 1 is 0.909 bits per heavy atom. The van der Waals surface area contributed by atoms with Crippen molar-refractivity contribution in [3.05, 3.63) is 135 Å². The highest BCUT2D eigenvalue weighted by Crippen LogP contribution is 2.41. The largest absolute Gasteiger partial charge is 0.507 e. The van der Waals surface area contributed by atoms with Gasteiger partial charge in [-0.15, -0.1) is 0 Å². The molecule has 0 aliphatic carbocycles. The van der Waals surface area contributed by atoms with Gasteiger partial charge in [0.25, 0.3) is 11.5 Å². The summed E-state index contributed by atoms with van der Waals surface area (Å²) in [7, 11) is 4.80. The summed E-state index contributed by atoms with van der Waals surface area (Å²) < 4.78 is 12.3. The first-order valence-electron chi connectivity index (χ1n) is 14.4. The number of aromatic nitrogens is 2. The zero-order chi connectivity index (χ0) is 30.8. The number of carbonyl (C=O) groups is 1. The van der Waals surface area contributed by atoms with Gasteiger partial charge in [0.05, 0.1) is 36.8 Å². The molecular formula is C36H33N3O5. The van der Waals surface area contributed by atoms with Gasteiger partial charge in [0.1, 0.15) is 17.2 Å². The zero-order valence-corrected chi connectivity index (χ0v) is 24.8. The maximum absolute atomic E-state index is 14.0. The smallest absolute Gasteiger partial charge is 0.258 e. The van der Waals surface area contributed by atoms with E-state index in [1.165, 1.54) is 7.11 Å². The molecule has 8 nitrogen and oxygen atoms in total. The number of aryl methyl sites for hydroxylation is 1. The van der Waals surface area contributed by atoms with E-state index in [4.69, 9.17) is 9.47 Å². The van der Waals surface area contributed by atoms with Crippen molar-refractivity contribution in [1.29, 1.82) is 0 Å². The minimum Gasteiger partial charge on any atom is -0.507 e. The van der Waals surface area contributed by atoms with E-state index >= 15 is 0 Å². The van der Waals surface area contributed by atoms with Crippen molar-refractivity contribution in [2.24, 2.45) is 7.05 Å². The second-order valence-corrected chi connectivity index (χ2v) is 10.6. The van der Waals surface area contributed by atoms with E-state index in [9.17, 15) is 14.7 Å². The molecule has 44 heavy (non-hydrogen) atoms. The van der Waals surface area contributed by atoms with Gasteiger partial charge in [-0.1, -0.05) is 60.7 Å². The van der Waals surface area contributed by atoms with Crippen LogP contribution in [0.5, 0.6) is 17.2 Å². The fourth-order valence-electron chi connectivity index (χ4n) is 6.01. The molecular weight excluding hydrogens is 554 g/mol. The average molecular weight is 588 g/mol. The summed E-state index contributed by atoms with van der Waals surface area (Å²) in [4.78, 5) is 30.8. The van der Waals surface area contributed by atoms with Crippen LogP contribution in [0.25, 0.3) is 21.8 Å². The van der Waals surface area contributed by atoms with Crippen LogP contribution in [-0.4, -0.2) is 41.3 Å². The van der Waals surface area contributed by atoms with Crippen molar-refractivity contribution < 1.29 is 19.4 Å². The van der Waals surface area contributed by atoms with Gasteiger partial charge in [0.2, 0.25) is 0 Å². The molecule has 1 atom stereocenters. The van der Waals surface area contributed by atoms with E-state index in [0.717, 1.165) is 27.7 Å². The number of rotatable bonds is 9. The number of pyridine rings is 1. The highest BCUT2D eigenvalue weighted by Gasteiger charge is 2.30. The van der Waals surface area contributed by atoms with Gasteiger partial charge in [-0.3, -0.25) is 9.59 Å². The first kappa shape index (κ1) is 28.6. The molecule has 0 aliphatic heterocycles. The van der Waals surface area contributed by atoms with Crippen LogP contribution in [0.1, 0.15) is 38.7 Å². The number of para-hydroxylation sites is 2. The van der Waals surface area contributed by atoms with Crippen molar-refractivity contribution in [2.75, 3.05) is 20.8 Å². The number of nitrogens with zero attached hydrogens (tertiary/aromatic N) is 1. The molecule has 0 radical (unpaired) electrons. The van der Waals surface area contributed by atoms with Gasteiger partial charge in [-0.05, 0) is 47.9 Å². The summed E-state index contributed by atoms with van der Waals surface area (Å²) in [6, 6.07) is 30.1. The summed E-state index contributed by atoms with van der Waals surface area (Å²) in [5, 5.41) is 16.3. The Labute approximate surface area is 254 Å². The maximum atomic E-state index is 14.0. The quantitative estimate of drug-likeness (QED) is 0.196. The second kappa shape index (κ2) is 12.0. The lowest BCUT2D eigenvalue weighted by atomic mass is 9.85. The van der Waals surface area contributed by atoms with Crippen LogP contribution in [0.15, 0.2) is 102 Å². The number of methoxy groups -OCH3 is 2. The van der Waals surface area contributed by atoms with Crippen LogP contribution in [0.4, 0.5) is 0 Å². The van der Waals surface area contributed by atoms with E-state index in [-0.39, 0.29) is 22.8 Å². The van der Waals surface area contributed by atoms with E-state index in [0.29, 0.717) is 40.9 Å². The fourth-order valence-corrected chi connectivity index (χ4v) is 6.01. The van der Waals surface area contributed by atoms with E-state index < -0.39 is 5.92 Å². The van der Waals surface area contributed by atoms with Crippen molar-refractivity contribution in [3.63, 3.8) is 0 Å². The predicted molar refractivity (Wildman–Crippen MR) is 172 cm³/mol. The van der Waals surface area contributed by atoms with Crippen LogP contribution in [0.2, 0.25) is 0 Å². The van der Waals surface area contributed by atoms with Crippen molar-refractivity contribution in [3.8, 4) is 17.2 Å². The molecule has 4 aromatic carbocycles. The topological polar surface area (TPSA) is 106 Å². The minimum absolute atomic E-state index is 0.0398. The minimum atomic E-state index is -0.598. The van der Waals surface area contributed by atoms with Crippen molar-refractivity contribution >= 4 is 27.7 Å². The molecule has 0 saturated carbocycles. The first-order chi connectivity index (χ1) is 21.4. The molecule has 6 rings (SSSR count). The first-order valence-corrected chi connectivity index (χ1v) is 14.4.